The summed E-state index contributed by atoms with van der Waals surface area (Å²) in [4.78, 5) is 11.1. The molecule has 1 rings (SSSR count). The Morgan fingerprint density at radius 2 is 2.18 bits per heavy atom. The van der Waals surface area contributed by atoms with Crippen molar-refractivity contribution in [3.63, 3.8) is 0 Å². The molecule has 94 valence electrons. The first-order valence-corrected chi connectivity index (χ1v) is 6.06. The van der Waals surface area contributed by atoms with Gasteiger partial charge >= 0.3 is 5.97 Å². The second-order valence-corrected chi connectivity index (χ2v) is 4.10. The minimum absolute atomic E-state index is 0.189. The lowest BCUT2D eigenvalue weighted by Crippen LogP contribution is -2.06. The zero-order valence-corrected chi connectivity index (χ0v) is 10.9. The van der Waals surface area contributed by atoms with Crippen LogP contribution < -0.4 is 4.74 Å². The van der Waals surface area contributed by atoms with Gasteiger partial charge in [0.05, 0.1) is 18.2 Å². The fourth-order valence-electron chi connectivity index (χ4n) is 1.35. The third-order valence-corrected chi connectivity index (χ3v) is 2.47. The third-order valence-electron chi connectivity index (χ3n) is 2.18. The Balaban J connectivity index is 2.29. The van der Waals surface area contributed by atoms with Crippen LogP contribution in [0.1, 0.15) is 25.3 Å². The number of rotatable bonds is 6. The molecule has 0 unspecified atom stereocenters. The second kappa shape index (κ2) is 7.17. The van der Waals surface area contributed by atoms with Gasteiger partial charge in [0.15, 0.2) is 0 Å². The van der Waals surface area contributed by atoms with E-state index >= 15 is 0 Å². The molecule has 1 aromatic carbocycles. The van der Waals surface area contributed by atoms with Crippen LogP contribution in [0.3, 0.4) is 0 Å². The van der Waals surface area contributed by atoms with Crippen molar-refractivity contribution in [1.29, 1.82) is 0 Å². The molecule has 4 heteroatoms. The highest BCUT2D eigenvalue weighted by atomic mass is 35.5. The standard InChI is InChI=1S/C13H17ClO3/c1-3-16-13(15)5-4-8-17-12-7-6-10(2)9-11(12)14/h6-7,9H,3-5,8H2,1-2H3. The topological polar surface area (TPSA) is 35.5 Å². The Morgan fingerprint density at radius 1 is 1.41 bits per heavy atom. The van der Waals surface area contributed by atoms with E-state index in [1.807, 2.05) is 25.1 Å². The molecule has 0 N–H and O–H groups in total. The van der Waals surface area contributed by atoms with Crippen molar-refractivity contribution >= 4 is 17.6 Å². The highest BCUT2D eigenvalue weighted by Gasteiger charge is 2.04. The van der Waals surface area contributed by atoms with Crippen LogP contribution in [0.25, 0.3) is 0 Å². The summed E-state index contributed by atoms with van der Waals surface area (Å²) in [5, 5.41) is 0.598. The number of carbonyl (C=O) groups is 1. The number of carbonyl (C=O) groups excluding carboxylic acids is 1. The van der Waals surface area contributed by atoms with Crippen LogP contribution >= 0.6 is 11.6 Å². The predicted molar refractivity (Wildman–Crippen MR) is 67.6 cm³/mol. The molecule has 0 aliphatic rings. The van der Waals surface area contributed by atoms with Gasteiger partial charge in [-0.05, 0) is 38.0 Å². The maximum Gasteiger partial charge on any atom is 0.305 e. The van der Waals surface area contributed by atoms with Gasteiger partial charge in [-0.25, -0.2) is 0 Å². The fraction of sp³-hybridized carbons (Fsp3) is 0.462. The first kappa shape index (κ1) is 13.8. The average molecular weight is 257 g/mol. The van der Waals surface area contributed by atoms with Crippen molar-refractivity contribution in [2.75, 3.05) is 13.2 Å². The van der Waals surface area contributed by atoms with Gasteiger partial charge in [-0.3, -0.25) is 4.79 Å². The Labute approximate surface area is 107 Å². The second-order valence-electron chi connectivity index (χ2n) is 3.69. The number of halogens is 1. The smallest absolute Gasteiger partial charge is 0.305 e. The number of ether oxygens (including phenoxy) is 2. The molecule has 0 fully saturated rings. The molecule has 0 aliphatic carbocycles. The van der Waals surface area contributed by atoms with Crippen molar-refractivity contribution in [2.24, 2.45) is 0 Å². The lowest BCUT2D eigenvalue weighted by atomic mass is 10.2. The Kier molecular flexibility index (Phi) is 5.84. The number of aryl methyl sites for hydroxylation is 1. The van der Waals surface area contributed by atoms with Crippen LogP contribution in [-0.4, -0.2) is 19.2 Å². The first-order valence-electron chi connectivity index (χ1n) is 5.68. The maximum atomic E-state index is 11.1. The summed E-state index contributed by atoms with van der Waals surface area (Å²) in [6, 6.07) is 5.62. The van der Waals surface area contributed by atoms with Crippen molar-refractivity contribution < 1.29 is 14.3 Å². The Hall–Kier alpha value is -1.22. The number of benzene rings is 1. The van der Waals surface area contributed by atoms with Crippen LogP contribution in [0.4, 0.5) is 0 Å². The number of hydrogen-bond acceptors (Lipinski definition) is 3. The molecule has 0 bridgehead atoms. The average Bonchev–Trinajstić information content (AvgIpc) is 2.27. The SMILES string of the molecule is CCOC(=O)CCCOc1ccc(C)cc1Cl. The Morgan fingerprint density at radius 3 is 2.82 bits per heavy atom. The minimum atomic E-state index is -0.189. The first-order chi connectivity index (χ1) is 8.13. The van der Waals surface area contributed by atoms with E-state index in [2.05, 4.69) is 0 Å². The van der Waals surface area contributed by atoms with Gasteiger partial charge in [0.2, 0.25) is 0 Å². The van der Waals surface area contributed by atoms with E-state index in [9.17, 15) is 4.79 Å². The molecule has 1 aromatic rings. The van der Waals surface area contributed by atoms with Crippen molar-refractivity contribution in [1.82, 2.24) is 0 Å². The summed E-state index contributed by atoms with van der Waals surface area (Å²) >= 11 is 6.00. The lowest BCUT2D eigenvalue weighted by Gasteiger charge is -2.08. The van der Waals surface area contributed by atoms with E-state index in [0.29, 0.717) is 36.8 Å². The van der Waals surface area contributed by atoms with Crippen molar-refractivity contribution in [2.45, 2.75) is 26.7 Å². The quantitative estimate of drug-likeness (QED) is 0.578. The predicted octanol–water partition coefficient (Wildman–Crippen LogP) is 3.37. The van der Waals surface area contributed by atoms with E-state index < -0.39 is 0 Å². The molecule has 17 heavy (non-hydrogen) atoms. The van der Waals surface area contributed by atoms with E-state index in [0.717, 1.165) is 5.56 Å². The monoisotopic (exact) mass is 256 g/mol. The molecular formula is C13H17ClO3. The van der Waals surface area contributed by atoms with Gasteiger partial charge in [0.25, 0.3) is 0 Å². The molecule has 0 aliphatic heterocycles. The van der Waals surface area contributed by atoms with E-state index in [-0.39, 0.29) is 5.97 Å². The van der Waals surface area contributed by atoms with Gasteiger partial charge in [-0.1, -0.05) is 17.7 Å². The van der Waals surface area contributed by atoms with Gasteiger partial charge < -0.3 is 9.47 Å². The van der Waals surface area contributed by atoms with Crippen LogP contribution in [0, 0.1) is 6.92 Å². The van der Waals surface area contributed by atoms with Gasteiger partial charge in [0.1, 0.15) is 5.75 Å². The van der Waals surface area contributed by atoms with Crippen LogP contribution in [0.15, 0.2) is 18.2 Å². The van der Waals surface area contributed by atoms with E-state index in [1.165, 1.54) is 0 Å². The minimum Gasteiger partial charge on any atom is -0.492 e. The highest BCUT2D eigenvalue weighted by Crippen LogP contribution is 2.25. The maximum absolute atomic E-state index is 11.1. The highest BCUT2D eigenvalue weighted by molar-refractivity contribution is 6.32. The summed E-state index contributed by atoms with van der Waals surface area (Å²) in [5.41, 5.74) is 1.09. The third kappa shape index (κ3) is 5.09. The van der Waals surface area contributed by atoms with Gasteiger partial charge in [0, 0.05) is 6.42 Å². The van der Waals surface area contributed by atoms with Crippen LogP contribution in [0.2, 0.25) is 5.02 Å². The molecule has 0 saturated carbocycles. The van der Waals surface area contributed by atoms with Crippen molar-refractivity contribution in [3.05, 3.63) is 28.8 Å². The molecule has 0 radical (unpaired) electrons. The lowest BCUT2D eigenvalue weighted by molar-refractivity contribution is -0.143. The summed E-state index contributed by atoms with van der Waals surface area (Å²) < 4.78 is 10.3. The molecule has 0 saturated heterocycles. The van der Waals surface area contributed by atoms with E-state index in [4.69, 9.17) is 21.1 Å². The summed E-state index contributed by atoms with van der Waals surface area (Å²) in [6.07, 6.45) is 1.00. The number of hydrogen-bond donors (Lipinski definition) is 0. The van der Waals surface area contributed by atoms with Crippen molar-refractivity contribution in [3.8, 4) is 5.75 Å². The molecule has 0 spiro atoms. The van der Waals surface area contributed by atoms with Gasteiger partial charge in [-0.15, -0.1) is 0 Å². The molecule has 0 heterocycles. The van der Waals surface area contributed by atoms with E-state index in [1.54, 1.807) is 6.92 Å². The molecule has 0 amide bonds. The molecule has 3 nitrogen and oxygen atoms in total. The summed E-state index contributed by atoms with van der Waals surface area (Å²) in [5.74, 6) is 0.465. The fourth-order valence-corrected chi connectivity index (χ4v) is 1.64. The van der Waals surface area contributed by atoms with Crippen LogP contribution in [-0.2, 0) is 9.53 Å². The largest absolute Gasteiger partial charge is 0.492 e. The zero-order chi connectivity index (χ0) is 12.7. The van der Waals surface area contributed by atoms with Gasteiger partial charge in [-0.2, -0.15) is 0 Å². The Bertz CT molecular complexity index is 377. The molecular weight excluding hydrogens is 240 g/mol. The van der Waals surface area contributed by atoms with Crippen LogP contribution in [0.5, 0.6) is 5.75 Å². The summed E-state index contributed by atoms with van der Waals surface area (Å²) in [6.45, 7) is 4.64. The molecule has 0 aromatic heterocycles. The summed E-state index contributed by atoms with van der Waals surface area (Å²) in [7, 11) is 0. The molecule has 0 atom stereocenters. The zero-order valence-electron chi connectivity index (χ0n) is 10.2. The normalized spacial score (nSPS) is 10.1. The number of esters is 1.